The summed E-state index contributed by atoms with van der Waals surface area (Å²) < 4.78 is 10.9. The summed E-state index contributed by atoms with van der Waals surface area (Å²) in [6.45, 7) is 2.05. The molecule has 7 nitrogen and oxygen atoms in total. The first kappa shape index (κ1) is 22.1. The van der Waals surface area contributed by atoms with Gasteiger partial charge in [-0.2, -0.15) is 0 Å². The summed E-state index contributed by atoms with van der Waals surface area (Å²) >= 11 is 6.30. The number of fused-ring (bicyclic) bond motifs is 6. The van der Waals surface area contributed by atoms with Crippen LogP contribution < -0.4 is 19.3 Å². The number of imide groups is 1. The van der Waals surface area contributed by atoms with Crippen molar-refractivity contribution < 1.29 is 23.9 Å². The monoisotopic (exact) mass is 512 g/mol. The molecule has 0 radical (unpaired) electrons. The number of anilines is 2. The quantitative estimate of drug-likeness (QED) is 0.373. The topological polar surface area (TPSA) is 76.1 Å². The van der Waals surface area contributed by atoms with Gasteiger partial charge in [0.2, 0.25) is 18.6 Å². The molecule has 2 amide bonds. The van der Waals surface area contributed by atoms with Crippen LogP contribution in [-0.4, -0.2) is 36.5 Å². The summed E-state index contributed by atoms with van der Waals surface area (Å²) in [5, 5.41) is 0.580. The summed E-state index contributed by atoms with van der Waals surface area (Å²) in [6, 6.07) is 18.1. The smallest absolute Gasteiger partial charge is 0.240 e. The van der Waals surface area contributed by atoms with Gasteiger partial charge in [-0.3, -0.25) is 14.4 Å². The maximum Gasteiger partial charge on any atom is 0.240 e. The molecule has 184 valence electrons. The van der Waals surface area contributed by atoms with Crippen LogP contribution in [0, 0.1) is 11.8 Å². The molecule has 4 atom stereocenters. The lowest BCUT2D eigenvalue weighted by Crippen LogP contribution is -2.49. The van der Waals surface area contributed by atoms with Crippen molar-refractivity contribution in [1.29, 1.82) is 0 Å². The lowest BCUT2D eigenvalue weighted by molar-refractivity contribution is -0.122. The van der Waals surface area contributed by atoms with Crippen LogP contribution in [0.2, 0.25) is 5.02 Å². The van der Waals surface area contributed by atoms with Crippen molar-refractivity contribution >= 4 is 46.1 Å². The van der Waals surface area contributed by atoms with E-state index in [0.29, 0.717) is 27.8 Å². The molecule has 0 unspecified atom stereocenters. The third-order valence-electron chi connectivity index (χ3n) is 7.75. The second kappa shape index (κ2) is 7.95. The highest BCUT2D eigenvalue weighted by molar-refractivity contribution is 6.31. The Hall–Kier alpha value is -4.10. The number of Topliss-reactive ketones (excluding diaryl/α,β-unsaturated/α-hetero) is 1. The third-order valence-corrected chi connectivity index (χ3v) is 7.99. The summed E-state index contributed by atoms with van der Waals surface area (Å²) in [5.74, 6) is -1.43. The molecule has 3 aromatic rings. The van der Waals surface area contributed by atoms with Gasteiger partial charge >= 0.3 is 0 Å². The van der Waals surface area contributed by atoms with Crippen molar-refractivity contribution in [3.63, 3.8) is 0 Å². The van der Waals surface area contributed by atoms with Crippen molar-refractivity contribution in [3.8, 4) is 11.5 Å². The summed E-state index contributed by atoms with van der Waals surface area (Å²) in [5.41, 5.74) is 3.55. The van der Waals surface area contributed by atoms with Gasteiger partial charge in [0.05, 0.1) is 23.6 Å². The molecule has 37 heavy (non-hydrogen) atoms. The predicted molar refractivity (Wildman–Crippen MR) is 138 cm³/mol. The minimum atomic E-state index is -0.850. The van der Waals surface area contributed by atoms with Crippen molar-refractivity contribution in [3.05, 3.63) is 89.0 Å². The van der Waals surface area contributed by atoms with Gasteiger partial charge in [-0.1, -0.05) is 48.0 Å². The number of halogens is 1. The molecule has 7 rings (SSSR count). The van der Waals surface area contributed by atoms with Crippen LogP contribution in [-0.2, 0) is 9.59 Å². The van der Waals surface area contributed by atoms with Gasteiger partial charge in [-0.05, 0) is 42.8 Å². The second-order valence-electron chi connectivity index (χ2n) is 9.69. The summed E-state index contributed by atoms with van der Waals surface area (Å²) in [6.07, 6.45) is 1.99. The molecule has 2 saturated heterocycles. The van der Waals surface area contributed by atoms with Crippen molar-refractivity contribution in [1.82, 2.24) is 0 Å². The fraction of sp³-hybridized carbons (Fsp3) is 0.207. The van der Waals surface area contributed by atoms with E-state index in [1.165, 1.54) is 4.90 Å². The summed E-state index contributed by atoms with van der Waals surface area (Å²) in [7, 11) is 0. The highest BCUT2D eigenvalue weighted by atomic mass is 35.5. The average Bonchev–Trinajstić information content (AvgIpc) is 3.57. The lowest BCUT2D eigenvalue weighted by atomic mass is 9.85. The van der Waals surface area contributed by atoms with Gasteiger partial charge in [0.15, 0.2) is 17.3 Å². The molecule has 0 aromatic heterocycles. The van der Waals surface area contributed by atoms with Crippen molar-refractivity contribution in [2.75, 3.05) is 16.6 Å². The number of carbonyl (C=O) groups excluding carboxylic acids is 3. The van der Waals surface area contributed by atoms with Gasteiger partial charge in [-0.15, -0.1) is 0 Å². The maximum atomic E-state index is 14.0. The molecular weight excluding hydrogens is 492 g/mol. The van der Waals surface area contributed by atoms with Crippen LogP contribution >= 0.6 is 11.6 Å². The standard InChI is InChI=1S/C29H21ClN2O5/c1-15-11-21-24-25(29(35)31(28(24)34)18-8-10-22-23(13-18)37-14-36-22)26(27(33)16-5-3-2-4-6-16)32(21)20-9-7-17(30)12-19(15)20/h2-13,21,24-26H,14H2,1H3/t21-,24+,25+,26+/m1/s1. The first-order valence-electron chi connectivity index (χ1n) is 12.1. The van der Waals surface area contributed by atoms with E-state index in [0.717, 1.165) is 16.8 Å². The molecule has 3 aromatic carbocycles. The first-order valence-corrected chi connectivity index (χ1v) is 12.5. The van der Waals surface area contributed by atoms with E-state index in [2.05, 4.69) is 0 Å². The van der Waals surface area contributed by atoms with E-state index in [1.54, 1.807) is 48.5 Å². The van der Waals surface area contributed by atoms with Crippen LogP contribution in [0.15, 0.2) is 72.8 Å². The lowest BCUT2D eigenvalue weighted by Gasteiger charge is -2.38. The van der Waals surface area contributed by atoms with E-state index >= 15 is 0 Å². The molecule has 0 N–H and O–H groups in total. The number of carbonyl (C=O) groups is 3. The first-order chi connectivity index (χ1) is 17.9. The zero-order chi connectivity index (χ0) is 25.4. The number of allylic oxidation sites excluding steroid dienone is 1. The van der Waals surface area contributed by atoms with E-state index in [-0.39, 0.29) is 24.4 Å². The zero-order valence-corrected chi connectivity index (χ0v) is 20.5. The fourth-order valence-corrected chi connectivity index (χ4v) is 6.34. The largest absolute Gasteiger partial charge is 0.454 e. The molecule has 4 aliphatic heterocycles. The number of amides is 2. The number of nitrogens with zero attached hydrogens (tertiary/aromatic N) is 2. The van der Waals surface area contributed by atoms with E-state index in [4.69, 9.17) is 21.1 Å². The average molecular weight is 513 g/mol. The molecule has 8 heteroatoms. The van der Waals surface area contributed by atoms with E-state index in [1.807, 2.05) is 36.1 Å². The molecule has 4 aliphatic rings. The Morgan fingerprint density at radius 3 is 2.49 bits per heavy atom. The summed E-state index contributed by atoms with van der Waals surface area (Å²) in [4.78, 5) is 45.2. The Labute approximate surface area is 217 Å². The molecular formula is C29H21ClN2O5. The number of hydrogen-bond donors (Lipinski definition) is 0. The molecule has 0 bridgehead atoms. The molecule has 0 saturated carbocycles. The van der Waals surface area contributed by atoms with Gasteiger partial charge in [0, 0.05) is 27.9 Å². The Morgan fingerprint density at radius 2 is 1.68 bits per heavy atom. The number of benzene rings is 3. The van der Waals surface area contributed by atoms with E-state index < -0.39 is 23.9 Å². The predicted octanol–water partition coefficient (Wildman–Crippen LogP) is 4.73. The Bertz CT molecular complexity index is 1530. The molecule has 0 aliphatic carbocycles. The highest BCUT2D eigenvalue weighted by Gasteiger charge is 2.64. The van der Waals surface area contributed by atoms with Crippen LogP contribution in [0.25, 0.3) is 5.57 Å². The Balaban J connectivity index is 1.38. The zero-order valence-electron chi connectivity index (χ0n) is 19.8. The third kappa shape index (κ3) is 3.10. The van der Waals surface area contributed by atoms with Gasteiger partial charge in [-0.25, -0.2) is 4.90 Å². The Kier molecular flexibility index (Phi) is 4.75. The number of ether oxygens (including phenoxy) is 2. The van der Waals surface area contributed by atoms with Crippen LogP contribution in [0.5, 0.6) is 11.5 Å². The minimum absolute atomic E-state index is 0.0874. The van der Waals surface area contributed by atoms with Gasteiger partial charge in [0.25, 0.3) is 0 Å². The van der Waals surface area contributed by atoms with Crippen molar-refractivity contribution in [2.24, 2.45) is 11.8 Å². The number of ketones is 1. The number of hydrogen-bond acceptors (Lipinski definition) is 6. The highest BCUT2D eigenvalue weighted by Crippen LogP contribution is 2.52. The maximum absolute atomic E-state index is 14.0. The van der Waals surface area contributed by atoms with Crippen LogP contribution in [0.1, 0.15) is 22.8 Å². The normalized spacial score (nSPS) is 25.1. The second-order valence-corrected chi connectivity index (χ2v) is 10.1. The van der Waals surface area contributed by atoms with Crippen LogP contribution in [0.4, 0.5) is 11.4 Å². The number of rotatable bonds is 3. The SMILES string of the molecule is CC1=C[C@@H]2[C@@H]3C(=O)N(c4ccc5c(c4)OCO5)C(=O)[C@@H]3[C@@H](C(=O)c3ccccc3)N2c2ccc(Cl)cc21. The van der Waals surface area contributed by atoms with Gasteiger partial charge in [0.1, 0.15) is 6.04 Å². The minimum Gasteiger partial charge on any atom is -0.454 e. The van der Waals surface area contributed by atoms with E-state index in [9.17, 15) is 14.4 Å². The molecule has 0 spiro atoms. The fourth-order valence-electron chi connectivity index (χ4n) is 6.17. The molecule has 4 heterocycles. The van der Waals surface area contributed by atoms with Crippen molar-refractivity contribution in [2.45, 2.75) is 19.0 Å². The Morgan fingerprint density at radius 1 is 0.919 bits per heavy atom. The molecule has 2 fully saturated rings. The van der Waals surface area contributed by atoms with Gasteiger partial charge < -0.3 is 14.4 Å². The van der Waals surface area contributed by atoms with Crippen LogP contribution in [0.3, 0.4) is 0 Å².